The van der Waals surface area contributed by atoms with Crippen molar-refractivity contribution in [3.05, 3.63) is 35.6 Å². The molecule has 21 heavy (non-hydrogen) atoms. The highest BCUT2D eigenvalue weighted by Gasteiger charge is 2.37. The Bertz CT molecular complexity index is 513. The smallest absolute Gasteiger partial charge is 0.244 e. The summed E-state index contributed by atoms with van der Waals surface area (Å²) in [4.78, 5) is 16.3. The number of halogens is 1. The van der Waals surface area contributed by atoms with Gasteiger partial charge < -0.3 is 14.7 Å². The maximum absolute atomic E-state index is 13.5. The molecular weight excluding hydrogens is 275 g/mol. The molecule has 1 N–H and O–H groups in total. The standard InChI is InChI=1S/C15H19FN2O3/c16-12-3-1-2-11(8-12)14(17-4-6-21-7-5-17)15(20)18-9-13(19)10-18/h1-3,8,13-14,19H,4-7,9-10H2. The largest absolute Gasteiger partial charge is 0.389 e. The molecule has 1 unspecified atom stereocenters. The summed E-state index contributed by atoms with van der Waals surface area (Å²) in [5.41, 5.74) is 0.656. The van der Waals surface area contributed by atoms with Crippen molar-refractivity contribution in [2.24, 2.45) is 0 Å². The zero-order valence-electron chi connectivity index (χ0n) is 11.7. The fourth-order valence-corrected chi connectivity index (χ4v) is 2.83. The molecule has 0 spiro atoms. The van der Waals surface area contributed by atoms with Gasteiger partial charge in [0.1, 0.15) is 11.9 Å². The van der Waals surface area contributed by atoms with Gasteiger partial charge in [-0.3, -0.25) is 9.69 Å². The lowest BCUT2D eigenvalue weighted by Gasteiger charge is -2.42. The summed E-state index contributed by atoms with van der Waals surface area (Å²) in [5, 5.41) is 9.39. The molecule has 2 aliphatic rings. The highest BCUT2D eigenvalue weighted by Crippen LogP contribution is 2.27. The van der Waals surface area contributed by atoms with Crippen LogP contribution in [0.25, 0.3) is 0 Å². The van der Waals surface area contributed by atoms with Gasteiger partial charge in [0, 0.05) is 26.2 Å². The summed E-state index contributed by atoms with van der Waals surface area (Å²) in [7, 11) is 0. The predicted octanol–water partition coefficient (Wildman–Crippen LogP) is 0.402. The van der Waals surface area contributed by atoms with Gasteiger partial charge in [0.15, 0.2) is 0 Å². The summed E-state index contributed by atoms with van der Waals surface area (Å²) < 4.78 is 18.8. The third-order valence-electron chi connectivity index (χ3n) is 3.98. The lowest BCUT2D eigenvalue weighted by Crippen LogP contribution is -2.57. The first-order chi connectivity index (χ1) is 10.1. The molecule has 3 rings (SSSR count). The third-order valence-corrected chi connectivity index (χ3v) is 3.98. The molecule has 0 bridgehead atoms. The molecule has 114 valence electrons. The maximum Gasteiger partial charge on any atom is 0.244 e. The maximum atomic E-state index is 13.5. The van der Waals surface area contributed by atoms with E-state index in [4.69, 9.17) is 4.74 Å². The van der Waals surface area contributed by atoms with Crippen LogP contribution in [0.1, 0.15) is 11.6 Å². The normalized spacial score (nSPS) is 21.9. The topological polar surface area (TPSA) is 53.0 Å². The zero-order chi connectivity index (χ0) is 14.8. The van der Waals surface area contributed by atoms with Gasteiger partial charge in [-0.15, -0.1) is 0 Å². The minimum Gasteiger partial charge on any atom is -0.389 e. The van der Waals surface area contributed by atoms with Crippen LogP contribution in [0.5, 0.6) is 0 Å². The molecule has 2 heterocycles. The van der Waals surface area contributed by atoms with E-state index in [2.05, 4.69) is 0 Å². The van der Waals surface area contributed by atoms with Crippen LogP contribution in [0, 0.1) is 5.82 Å². The molecule has 1 aromatic carbocycles. The average Bonchev–Trinajstić information content (AvgIpc) is 2.45. The molecule has 1 amide bonds. The van der Waals surface area contributed by atoms with Gasteiger partial charge in [-0.05, 0) is 17.7 Å². The summed E-state index contributed by atoms with van der Waals surface area (Å²) in [5.74, 6) is -0.421. The molecule has 2 aliphatic heterocycles. The van der Waals surface area contributed by atoms with E-state index in [0.717, 1.165) is 0 Å². The number of likely N-dealkylation sites (tertiary alicyclic amines) is 1. The Hall–Kier alpha value is -1.50. The molecule has 5 nitrogen and oxygen atoms in total. The van der Waals surface area contributed by atoms with Crippen molar-refractivity contribution in [2.75, 3.05) is 39.4 Å². The number of carbonyl (C=O) groups excluding carboxylic acids is 1. The van der Waals surface area contributed by atoms with E-state index in [1.165, 1.54) is 12.1 Å². The van der Waals surface area contributed by atoms with E-state index in [1.807, 2.05) is 4.90 Å². The Kier molecular flexibility index (Phi) is 4.19. The third kappa shape index (κ3) is 3.07. The average molecular weight is 294 g/mol. The zero-order valence-corrected chi connectivity index (χ0v) is 11.7. The minimum atomic E-state index is -0.503. The van der Waals surface area contributed by atoms with Crippen LogP contribution in [-0.2, 0) is 9.53 Å². The van der Waals surface area contributed by atoms with Crippen LogP contribution in [0.3, 0.4) is 0 Å². The highest BCUT2D eigenvalue weighted by atomic mass is 19.1. The van der Waals surface area contributed by atoms with E-state index < -0.39 is 12.1 Å². The predicted molar refractivity (Wildman–Crippen MR) is 74.1 cm³/mol. The Balaban J connectivity index is 1.84. The summed E-state index contributed by atoms with van der Waals surface area (Å²) in [6.07, 6.45) is -0.438. The molecule has 0 aromatic heterocycles. The summed E-state index contributed by atoms with van der Waals surface area (Å²) >= 11 is 0. The molecule has 6 heteroatoms. The van der Waals surface area contributed by atoms with E-state index >= 15 is 0 Å². The van der Waals surface area contributed by atoms with Gasteiger partial charge in [-0.1, -0.05) is 12.1 Å². The van der Waals surface area contributed by atoms with Crippen LogP contribution in [-0.4, -0.2) is 66.3 Å². The Morgan fingerprint density at radius 2 is 2.05 bits per heavy atom. The van der Waals surface area contributed by atoms with Gasteiger partial charge in [0.2, 0.25) is 5.91 Å². The molecule has 1 aromatic rings. The number of β-amino-alcohol motifs (C(OH)–C–C–N with tert-alkyl or cyclic N) is 1. The van der Waals surface area contributed by atoms with Crippen molar-refractivity contribution in [1.29, 1.82) is 0 Å². The summed E-state index contributed by atoms with van der Waals surface area (Å²) in [6, 6.07) is 5.68. The second-order valence-corrected chi connectivity index (χ2v) is 5.50. The van der Waals surface area contributed by atoms with E-state index in [0.29, 0.717) is 45.0 Å². The van der Waals surface area contributed by atoms with E-state index in [-0.39, 0.29) is 11.7 Å². The van der Waals surface area contributed by atoms with Gasteiger partial charge in [-0.2, -0.15) is 0 Å². The number of aliphatic hydroxyl groups is 1. The fraction of sp³-hybridized carbons (Fsp3) is 0.533. The van der Waals surface area contributed by atoms with Gasteiger partial charge in [0.25, 0.3) is 0 Å². The number of benzene rings is 1. The van der Waals surface area contributed by atoms with E-state index in [9.17, 15) is 14.3 Å². The number of ether oxygens (including phenoxy) is 1. The molecule has 2 fully saturated rings. The van der Waals surface area contributed by atoms with Crippen LogP contribution in [0.15, 0.2) is 24.3 Å². The second kappa shape index (κ2) is 6.09. The SMILES string of the molecule is O=C(C(c1cccc(F)c1)N1CCOCC1)N1CC(O)C1. The molecule has 2 saturated heterocycles. The Morgan fingerprint density at radius 3 is 2.67 bits per heavy atom. The second-order valence-electron chi connectivity index (χ2n) is 5.50. The van der Waals surface area contributed by atoms with E-state index in [1.54, 1.807) is 17.0 Å². The number of hydrogen-bond acceptors (Lipinski definition) is 4. The van der Waals surface area contributed by atoms with Gasteiger partial charge in [-0.25, -0.2) is 4.39 Å². The number of aliphatic hydroxyl groups excluding tert-OH is 1. The number of nitrogens with zero attached hydrogens (tertiary/aromatic N) is 2. The Morgan fingerprint density at radius 1 is 1.33 bits per heavy atom. The fourth-order valence-electron chi connectivity index (χ4n) is 2.83. The summed E-state index contributed by atoms with van der Waals surface area (Å²) in [6.45, 7) is 3.14. The van der Waals surface area contributed by atoms with Crippen LogP contribution in [0.2, 0.25) is 0 Å². The molecular formula is C15H19FN2O3. The molecule has 0 radical (unpaired) electrons. The number of morpholine rings is 1. The first-order valence-electron chi connectivity index (χ1n) is 7.19. The number of amides is 1. The number of carbonyl (C=O) groups is 1. The van der Waals surface area contributed by atoms with Crippen molar-refractivity contribution < 1.29 is 19.0 Å². The lowest BCUT2D eigenvalue weighted by molar-refractivity contribution is -0.149. The first kappa shape index (κ1) is 14.4. The van der Waals surface area contributed by atoms with Crippen molar-refractivity contribution in [3.8, 4) is 0 Å². The van der Waals surface area contributed by atoms with Crippen LogP contribution >= 0.6 is 0 Å². The van der Waals surface area contributed by atoms with Crippen molar-refractivity contribution in [3.63, 3.8) is 0 Å². The van der Waals surface area contributed by atoms with Crippen LogP contribution < -0.4 is 0 Å². The molecule has 0 saturated carbocycles. The first-order valence-corrected chi connectivity index (χ1v) is 7.19. The van der Waals surface area contributed by atoms with Gasteiger partial charge in [0.05, 0.1) is 19.3 Å². The molecule has 1 atom stereocenters. The number of hydrogen-bond donors (Lipinski definition) is 1. The van der Waals surface area contributed by atoms with Crippen molar-refractivity contribution in [2.45, 2.75) is 12.1 Å². The van der Waals surface area contributed by atoms with Crippen molar-refractivity contribution in [1.82, 2.24) is 9.80 Å². The van der Waals surface area contributed by atoms with Gasteiger partial charge >= 0.3 is 0 Å². The van der Waals surface area contributed by atoms with Crippen LogP contribution in [0.4, 0.5) is 4.39 Å². The minimum absolute atomic E-state index is 0.0761. The molecule has 0 aliphatic carbocycles. The quantitative estimate of drug-likeness (QED) is 0.877. The Labute approximate surface area is 122 Å². The highest BCUT2D eigenvalue weighted by molar-refractivity contribution is 5.84. The lowest BCUT2D eigenvalue weighted by atomic mass is 10.0. The monoisotopic (exact) mass is 294 g/mol. The van der Waals surface area contributed by atoms with Crippen molar-refractivity contribution >= 4 is 5.91 Å². The number of rotatable bonds is 3.